The molecule has 0 N–H and O–H groups in total. The van der Waals surface area contributed by atoms with Crippen LogP contribution in [0.15, 0.2) is 54.2 Å². The van der Waals surface area contributed by atoms with Gasteiger partial charge in [0.05, 0.1) is 11.3 Å². The third kappa shape index (κ3) is 3.79. The minimum atomic E-state index is -0.319. The van der Waals surface area contributed by atoms with E-state index in [4.69, 9.17) is 23.2 Å². The summed E-state index contributed by atoms with van der Waals surface area (Å²) in [5.74, 6) is 0.291. The van der Waals surface area contributed by atoms with Gasteiger partial charge in [-0.2, -0.15) is 0 Å². The van der Waals surface area contributed by atoms with E-state index in [2.05, 4.69) is 18.7 Å². The van der Waals surface area contributed by atoms with Gasteiger partial charge in [-0.15, -0.1) is 0 Å². The van der Waals surface area contributed by atoms with Crippen LogP contribution in [0.5, 0.6) is 0 Å². The van der Waals surface area contributed by atoms with Gasteiger partial charge in [0, 0.05) is 23.1 Å². The fourth-order valence-corrected chi connectivity index (χ4v) is 4.61. The third-order valence-electron chi connectivity index (χ3n) is 5.46. The molecule has 0 aromatic heterocycles. The fraction of sp³-hybridized carbons (Fsp3) is 0.304. The molecule has 2 aliphatic heterocycles. The minimum absolute atomic E-state index is 0.288. The van der Waals surface area contributed by atoms with Crippen LogP contribution in [0.4, 0.5) is 5.69 Å². The molecule has 2 heterocycles. The lowest BCUT2D eigenvalue weighted by Crippen LogP contribution is -2.42. The highest BCUT2D eigenvalue weighted by atomic mass is 35.5. The predicted molar refractivity (Wildman–Crippen MR) is 117 cm³/mol. The number of halogens is 2. The molecule has 6 heteroatoms. The molecule has 0 saturated carbocycles. The van der Waals surface area contributed by atoms with Crippen molar-refractivity contribution in [3.8, 4) is 0 Å². The minimum Gasteiger partial charge on any atom is -0.366 e. The number of hydrogen-bond acceptors (Lipinski definition) is 3. The first-order valence-electron chi connectivity index (χ1n) is 9.74. The smallest absolute Gasteiger partial charge is 0.282 e. The average Bonchev–Trinajstić information content (AvgIpc) is 2.93. The molecule has 0 radical (unpaired) electrons. The first kappa shape index (κ1) is 20.0. The molecule has 2 aromatic rings. The Bertz CT molecular complexity index is 973. The summed E-state index contributed by atoms with van der Waals surface area (Å²) in [5.41, 5.74) is 2.13. The molecular weight excluding hydrogens is 407 g/mol. The number of benzene rings is 2. The van der Waals surface area contributed by atoms with Crippen molar-refractivity contribution in [2.75, 3.05) is 18.0 Å². The van der Waals surface area contributed by atoms with E-state index >= 15 is 0 Å². The second kappa shape index (κ2) is 7.85. The van der Waals surface area contributed by atoms with Crippen molar-refractivity contribution >= 4 is 46.3 Å². The van der Waals surface area contributed by atoms with E-state index in [9.17, 15) is 9.59 Å². The number of anilines is 1. The highest BCUT2D eigenvalue weighted by molar-refractivity contribution is 6.45. The monoisotopic (exact) mass is 428 g/mol. The van der Waals surface area contributed by atoms with Gasteiger partial charge >= 0.3 is 0 Å². The Balaban J connectivity index is 1.82. The van der Waals surface area contributed by atoms with Crippen LogP contribution in [-0.2, 0) is 9.59 Å². The first-order valence-corrected chi connectivity index (χ1v) is 10.5. The quantitative estimate of drug-likeness (QED) is 0.626. The summed E-state index contributed by atoms with van der Waals surface area (Å²) in [6.45, 7) is 5.88. The highest BCUT2D eigenvalue weighted by Gasteiger charge is 2.43. The number of rotatable bonds is 3. The molecule has 2 amide bonds. The van der Waals surface area contributed by atoms with Gasteiger partial charge in [-0.05, 0) is 60.2 Å². The number of carbonyl (C=O) groups excluding carboxylic acids is 2. The van der Waals surface area contributed by atoms with Gasteiger partial charge in [-0.3, -0.25) is 9.59 Å². The molecule has 0 bridgehead atoms. The Hall–Kier alpha value is -2.30. The SMILES string of the molecule is CC1CC(C)CN(C2=C(c3ccc(Cl)cc3)C(=O)N(c3ccc(Cl)cc3)C2=O)C1. The van der Waals surface area contributed by atoms with Crippen molar-refractivity contribution in [2.24, 2.45) is 11.8 Å². The van der Waals surface area contributed by atoms with Crippen LogP contribution in [0.2, 0.25) is 10.0 Å². The first-order chi connectivity index (χ1) is 13.8. The maximum absolute atomic E-state index is 13.5. The average molecular weight is 429 g/mol. The third-order valence-corrected chi connectivity index (χ3v) is 5.97. The summed E-state index contributed by atoms with van der Waals surface area (Å²) in [6.07, 6.45) is 1.11. The molecule has 1 saturated heterocycles. The van der Waals surface area contributed by atoms with E-state index in [1.807, 2.05) is 0 Å². The van der Waals surface area contributed by atoms with E-state index in [0.29, 0.717) is 44.4 Å². The lowest BCUT2D eigenvalue weighted by Gasteiger charge is -2.37. The molecule has 29 heavy (non-hydrogen) atoms. The molecule has 4 nitrogen and oxygen atoms in total. The van der Waals surface area contributed by atoms with Gasteiger partial charge in [0.25, 0.3) is 11.8 Å². The molecule has 150 valence electrons. The molecule has 1 fully saturated rings. The second-order valence-electron chi connectivity index (χ2n) is 8.00. The summed E-state index contributed by atoms with van der Waals surface area (Å²) in [4.78, 5) is 30.3. The standard InChI is InChI=1S/C23H22Cl2N2O2/c1-14-11-15(2)13-26(12-14)21-20(16-3-5-17(24)6-4-16)22(28)27(23(21)29)19-9-7-18(25)8-10-19/h3-10,14-15H,11-13H2,1-2H3. The van der Waals surface area contributed by atoms with Gasteiger partial charge < -0.3 is 4.90 Å². The molecular formula is C23H22Cl2N2O2. The Labute approximate surface area is 180 Å². The number of piperidine rings is 1. The van der Waals surface area contributed by atoms with Crippen molar-refractivity contribution in [1.29, 1.82) is 0 Å². The summed E-state index contributed by atoms with van der Waals surface area (Å²) >= 11 is 12.0. The van der Waals surface area contributed by atoms with Crippen LogP contribution in [0.3, 0.4) is 0 Å². The second-order valence-corrected chi connectivity index (χ2v) is 8.88. The van der Waals surface area contributed by atoms with Crippen molar-refractivity contribution in [3.63, 3.8) is 0 Å². The zero-order valence-corrected chi connectivity index (χ0v) is 17.9. The number of imide groups is 1. The molecule has 2 atom stereocenters. The van der Waals surface area contributed by atoms with E-state index in [1.165, 1.54) is 4.90 Å². The van der Waals surface area contributed by atoms with Crippen molar-refractivity contribution < 1.29 is 9.59 Å². The van der Waals surface area contributed by atoms with Crippen molar-refractivity contribution in [2.45, 2.75) is 20.3 Å². The number of hydrogen-bond donors (Lipinski definition) is 0. The molecule has 4 rings (SSSR count). The molecule has 0 aliphatic carbocycles. The van der Waals surface area contributed by atoms with E-state index in [1.54, 1.807) is 48.5 Å². The van der Waals surface area contributed by atoms with Crippen LogP contribution in [0, 0.1) is 11.8 Å². The number of amides is 2. The van der Waals surface area contributed by atoms with Crippen molar-refractivity contribution in [3.05, 3.63) is 69.8 Å². The van der Waals surface area contributed by atoms with Crippen LogP contribution in [0.25, 0.3) is 5.57 Å². The molecule has 2 aromatic carbocycles. The Morgan fingerprint density at radius 1 is 0.793 bits per heavy atom. The summed E-state index contributed by atoms with van der Waals surface area (Å²) in [6, 6.07) is 13.8. The van der Waals surface area contributed by atoms with Gasteiger partial charge in [0.15, 0.2) is 0 Å². The van der Waals surface area contributed by atoms with Crippen LogP contribution in [-0.4, -0.2) is 29.8 Å². The lowest BCUT2D eigenvalue weighted by atomic mass is 9.91. The zero-order valence-electron chi connectivity index (χ0n) is 16.4. The van der Waals surface area contributed by atoms with Crippen LogP contribution in [0.1, 0.15) is 25.8 Å². The van der Waals surface area contributed by atoms with Gasteiger partial charge in [0.2, 0.25) is 0 Å². The lowest BCUT2D eigenvalue weighted by molar-refractivity contribution is -0.120. The summed E-state index contributed by atoms with van der Waals surface area (Å²) in [5, 5.41) is 1.14. The van der Waals surface area contributed by atoms with E-state index in [-0.39, 0.29) is 11.8 Å². The summed E-state index contributed by atoms with van der Waals surface area (Å²) < 4.78 is 0. The van der Waals surface area contributed by atoms with Crippen molar-refractivity contribution in [1.82, 2.24) is 4.90 Å². The van der Waals surface area contributed by atoms with Gasteiger partial charge in [-0.1, -0.05) is 49.2 Å². The number of likely N-dealkylation sites (tertiary alicyclic amines) is 1. The van der Waals surface area contributed by atoms with E-state index < -0.39 is 0 Å². The normalized spacial score (nSPS) is 22.6. The van der Waals surface area contributed by atoms with Crippen LogP contribution >= 0.6 is 23.2 Å². The topological polar surface area (TPSA) is 40.6 Å². The number of carbonyl (C=O) groups is 2. The molecule has 2 aliphatic rings. The Kier molecular flexibility index (Phi) is 5.41. The fourth-order valence-electron chi connectivity index (χ4n) is 4.36. The molecule has 2 unspecified atom stereocenters. The summed E-state index contributed by atoms with van der Waals surface area (Å²) in [7, 11) is 0. The van der Waals surface area contributed by atoms with Crippen LogP contribution < -0.4 is 4.90 Å². The Morgan fingerprint density at radius 2 is 1.31 bits per heavy atom. The van der Waals surface area contributed by atoms with E-state index in [0.717, 1.165) is 19.5 Å². The van der Waals surface area contributed by atoms with Gasteiger partial charge in [0.1, 0.15) is 5.70 Å². The molecule has 0 spiro atoms. The maximum Gasteiger partial charge on any atom is 0.282 e. The van der Waals surface area contributed by atoms with Gasteiger partial charge in [-0.25, -0.2) is 4.90 Å². The Morgan fingerprint density at radius 3 is 1.86 bits per heavy atom. The maximum atomic E-state index is 13.5. The zero-order chi connectivity index (χ0) is 20.7. The largest absolute Gasteiger partial charge is 0.366 e. The predicted octanol–water partition coefficient (Wildman–Crippen LogP) is 5.26. The number of nitrogens with zero attached hydrogens (tertiary/aromatic N) is 2. The highest BCUT2D eigenvalue weighted by Crippen LogP contribution is 2.37.